The van der Waals surface area contributed by atoms with Crippen LogP contribution in [0.2, 0.25) is 5.02 Å². The van der Waals surface area contributed by atoms with E-state index in [1.165, 1.54) is 28.2 Å². The Morgan fingerprint density at radius 2 is 1.83 bits per heavy atom. The molecular weight excluding hydrogens is 430 g/mol. The molecule has 2 rings (SSSR count). The van der Waals surface area contributed by atoms with Gasteiger partial charge in [-0.15, -0.1) is 11.8 Å². The Balaban J connectivity index is 2.00. The van der Waals surface area contributed by atoms with Gasteiger partial charge in [-0.3, -0.25) is 4.79 Å². The lowest BCUT2D eigenvalue weighted by atomic mass is 10.2. The van der Waals surface area contributed by atoms with E-state index >= 15 is 0 Å². The lowest BCUT2D eigenvalue weighted by Crippen LogP contribution is -2.31. The fourth-order valence-electron chi connectivity index (χ4n) is 2.62. The predicted molar refractivity (Wildman–Crippen MR) is 118 cm³/mol. The zero-order chi connectivity index (χ0) is 21.4. The van der Waals surface area contributed by atoms with Crippen LogP contribution in [0.1, 0.15) is 25.0 Å². The number of rotatable bonds is 9. The first-order chi connectivity index (χ1) is 13.8. The fourth-order valence-corrected chi connectivity index (χ4v) is 5.36. The number of anilines is 1. The summed E-state index contributed by atoms with van der Waals surface area (Å²) in [6.45, 7) is 4.17. The van der Waals surface area contributed by atoms with Gasteiger partial charge in [-0.25, -0.2) is 8.42 Å². The first-order valence-corrected chi connectivity index (χ1v) is 12.0. The van der Waals surface area contributed by atoms with Crippen molar-refractivity contribution < 1.29 is 13.2 Å². The summed E-state index contributed by atoms with van der Waals surface area (Å²) in [6, 6.07) is 13.7. The fraction of sp³-hybridized carbons (Fsp3) is 0.300. The highest BCUT2D eigenvalue weighted by Crippen LogP contribution is 2.28. The number of nitrogens with one attached hydrogen (secondary N) is 1. The molecule has 0 bridgehead atoms. The molecule has 1 amide bonds. The average Bonchev–Trinajstić information content (AvgIpc) is 2.70. The monoisotopic (exact) mass is 451 g/mol. The molecule has 0 fully saturated rings. The van der Waals surface area contributed by atoms with E-state index in [-0.39, 0.29) is 21.6 Å². The van der Waals surface area contributed by atoms with E-state index < -0.39 is 10.0 Å². The Hall–Kier alpha value is -2.05. The molecule has 0 aliphatic rings. The molecule has 9 heteroatoms. The van der Waals surface area contributed by atoms with E-state index in [1.54, 1.807) is 32.0 Å². The molecule has 0 aromatic heterocycles. The van der Waals surface area contributed by atoms with Gasteiger partial charge in [0.25, 0.3) is 0 Å². The van der Waals surface area contributed by atoms with Crippen molar-refractivity contribution in [2.75, 3.05) is 24.2 Å². The Bertz CT molecular complexity index is 999. The largest absolute Gasteiger partial charge is 0.325 e. The highest BCUT2D eigenvalue weighted by molar-refractivity contribution is 7.99. The molecule has 6 nitrogen and oxygen atoms in total. The number of hydrogen-bond acceptors (Lipinski definition) is 5. The molecule has 0 radical (unpaired) electrons. The van der Waals surface area contributed by atoms with Crippen molar-refractivity contribution in [3.63, 3.8) is 0 Å². The van der Waals surface area contributed by atoms with Crippen LogP contribution in [0.4, 0.5) is 5.69 Å². The normalized spacial score (nSPS) is 11.3. The number of benzene rings is 2. The first kappa shape index (κ1) is 23.2. The van der Waals surface area contributed by atoms with Crippen LogP contribution >= 0.6 is 23.4 Å². The molecule has 0 heterocycles. The highest BCUT2D eigenvalue weighted by atomic mass is 35.5. The molecule has 0 spiro atoms. The smallest absolute Gasteiger partial charge is 0.244 e. The maximum atomic E-state index is 12.7. The van der Waals surface area contributed by atoms with Crippen molar-refractivity contribution in [1.82, 2.24) is 4.31 Å². The second kappa shape index (κ2) is 10.6. The van der Waals surface area contributed by atoms with Crippen LogP contribution in [0.25, 0.3) is 0 Å². The highest BCUT2D eigenvalue weighted by Gasteiger charge is 2.24. The molecular formula is C20H22ClN3O3S2. The van der Waals surface area contributed by atoms with Gasteiger partial charge in [0.1, 0.15) is 4.90 Å². The lowest BCUT2D eigenvalue weighted by Gasteiger charge is -2.19. The summed E-state index contributed by atoms with van der Waals surface area (Å²) >= 11 is 7.53. The minimum absolute atomic E-state index is 0.0223. The van der Waals surface area contributed by atoms with Crippen LogP contribution in [-0.2, 0) is 20.6 Å². The van der Waals surface area contributed by atoms with Crippen molar-refractivity contribution >= 4 is 45.0 Å². The molecule has 2 aromatic rings. The molecule has 1 N–H and O–H groups in total. The maximum absolute atomic E-state index is 12.7. The van der Waals surface area contributed by atoms with Crippen molar-refractivity contribution in [3.05, 3.63) is 58.6 Å². The summed E-state index contributed by atoms with van der Waals surface area (Å²) in [5.74, 6) is 0.597. The van der Waals surface area contributed by atoms with Crippen LogP contribution in [0.15, 0.2) is 47.4 Å². The van der Waals surface area contributed by atoms with Crippen LogP contribution in [-0.4, -0.2) is 37.5 Å². The third-order valence-electron chi connectivity index (χ3n) is 4.12. The summed E-state index contributed by atoms with van der Waals surface area (Å²) in [6.07, 6.45) is 0. The lowest BCUT2D eigenvalue weighted by molar-refractivity contribution is -0.113. The van der Waals surface area contributed by atoms with E-state index in [2.05, 4.69) is 11.4 Å². The topological polar surface area (TPSA) is 90.3 Å². The number of thioether (sulfide) groups is 1. The molecule has 154 valence electrons. The third kappa shape index (κ3) is 6.21. The van der Waals surface area contributed by atoms with Crippen LogP contribution in [0.5, 0.6) is 0 Å². The second-order valence-corrected chi connectivity index (χ2v) is 9.38. The van der Waals surface area contributed by atoms with Crippen LogP contribution in [0, 0.1) is 11.3 Å². The van der Waals surface area contributed by atoms with E-state index in [4.69, 9.17) is 16.9 Å². The second-order valence-electron chi connectivity index (χ2n) is 6.08. The maximum Gasteiger partial charge on any atom is 0.244 e. The SMILES string of the molecule is CCN(CC)S(=O)(=O)c1cc(NC(=O)CSCc2ccc(C#N)cc2)ccc1Cl. The minimum Gasteiger partial charge on any atom is -0.325 e. The number of halogens is 1. The predicted octanol–water partition coefficient (Wildman–Crippen LogP) is 4.11. The van der Waals surface area contributed by atoms with Gasteiger partial charge in [0, 0.05) is 24.5 Å². The Morgan fingerprint density at radius 3 is 2.41 bits per heavy atom. The van der Waals surface area contributed by atoms with Crippen molar-refractivity contribution in [3.8, 4) is 6.07 Å². The molecule has 0 atom stereocenters. The van der Waals surface area contributed by atoms with Gasteiger partial charge in [-0.2, -0.15) is 9.57 Å². The van der Waals surface area contributed by atoms with Gasteiger partial charge in [0.2, 0.25) is 15.9 Å². The number of sulfonamides is 1. The molecule has 0 saturated heterocycles. The van der Waals surface area contributed by atoms with Crippen molar-refractivity contribution in [2.24, 2.45) is 0 Å². The van der Waals surface area contributed by atoms with Gasteiger partial charge >= 0.3 is 0 Å². The Labute approximate surface area is 180 Å². The van der Waals surface area contributed by atoms with E-state index in [9.17, 15) is 13.2 Å². The zero-order valence-corrected chi connectivity index (χ0v) is 18.6. The number of nitrogens with zero attached hydrogens (tertiary/aromatic N) is 2. The van der Waals surface area contributed by atoms with Crippen LogP contribution < -0.4 is 5.32 Å². The minimum atomic E-state index is -3.73. The summed E-state index contributed by atoms with van der Waals surface area (Å²) in [4.78, 5) is 12.2. The number of carbonyl (C=O) groups excluding carboxylic acids is 1. The number of nitriles is 1. The number of carbonyl (C=O) groups is 1. The zero-order valence-electron chi connectivity index (χ0n) is 16.2. The molecule has 0 unspecified atom stereocenters. The van der Waals surface area contributed by atoms with Gasteiger partial charge in [-0.05, 0) is 35.9 Å². The van der Waals surface area contributed by atoms with Crippen molar-refractivity contribution in [2.45, 2.75) is 24.5 Å². The van der Waals surface area contributed by atoms with E-state index in [0.717, 1.165) is 5.56 Å². The Morgan fingerprint density at radius 1 is 1.17 bits per heavy atom. The van der Waals surface area contributed by atoms with Gasteiger partial charge in [0.05, 0.1) is 22.4 Å². The molecule has 29 heavy (non-hydrogen) atoms. The number of hydrogen-bond donors (Lipinski definition) is 1. The summed E-state index contributed by atoms with van der Waals surface area (Å²) < 4.78 is 26.8. The number of amides is 1. The van der Waals surface area contributed by atoms with E-state index in [0.29, 0.717) is 30.1 Å². The molecule has 0 aliphatic carbocycles. The van der Waals surface area contributed by atoms with Crippen molar-refractivity contribution in [1.29, 1.82) is 5.26 Å². The molecule has 2 aromatic carbocycles. The third-order valence-corrected chi connectivity index (χ3v) is 7.66. The summed E-state index contributed by atoms with van der Waals surface area (Å²) in [5.41, 5.74) is 1.99. The van der Waals surface area contributed by atoms with E-state index in [1.807, 2.05) is 12.1 Å². The average molecular weight is 452 g/mol. The summed E-state index contributed by atoms with van der Waals surface area (Å²) in [5, 5.41) is 11.6. The Kier molecular flexibility index (Phi) is 8.53. The quantitative estimate of drug-likeness (QED) is 0.619. The summed E-state index contributed by atoms with van der Waals surface area (Å²) in [7, 11) is -3.73. The van der Waals surface area contributed by atoms with Crippen LogP contribution in [0.3, 0.4) is 0 Å². The molecule has 0 aliphatic heterocycles. The van der Waals surface area contributed by atoms with Gasteiger partial charge in [-0.1, -0.05) is 37.6 Å². The van der Waals surface area contributed by atoms with Gasteiger partial charge < -0.3 is 5.32 Å². The first-order valence-electron chi connectivity index (χ1n) is 8.98. The molecule has 0 saturated carbocycles. The van der Waals surface area contributed by atoms with Gasteiger partial charge in [0.15, 0.2) is 0 Å². The standard InChI is InChI=1S/C20H22ClN3O3S2/c1-3-24(4-2)29(26,27)19-11-17(9-10-18(19)21)23-20(25)14-28-13-16-7-5-15(12-22)6-8-16/h5-11H,3-4,13-14H2,1-2H3,(H,23,25).